The fourth-order valence-electron chi connectivity index (χ4n) is 6.08. The molecule has 0 aromatic heterocycles. The van der Waals surface area contributed by atoms with E-state index in [0.29, 0.717) is 23.7 Å². The lowest BCUT2D eigenvalue weighted by atomic mass is 9.87. The summed E-state index contributed by atoms with van der Waals surface area (Å²) in [6.45, 7) is 1.22. The van der Waals surface area contributed by atoms with Crippen LogP contribution in [0.4, 0.5) is 5.69 Å². The van der Waals surface area contributed by atoms with Crippen molar-refractivity contribution in [2.45, 2.75) is 75.4 Å². The molecule has 2 aromatic rings. The van der Waals surface area contributed by atoms with Crippen LogP contribution in [0, 0.1) is 0 Å². The van der Waals surface area contributed by atoms with Gasteiger partial charge in [-0.3, -0.25) is 4.90 Å². The molecule has 164 valence electrons. The van der Waals surface area contributed by atoms with E-state index in [2.05, 4.69) is 41.1 Å². The quantitative estimate of drug-likeness (QED) is 0.639. The molecule has 0 radical (unpaired) electrons. The fraction of sp³-hybridized carbons (Fsp3) is 0.519. The van der Waals surface area contributed by atoms with Crippen molar-refractivity contribution in [3.63, 3.8) is 0 Å². The van der Waals surface area contributed by atoms with Gasteiger partial charge >= 0.3 is 5.97 Å². The van der Waals surface area contributed by atoms with Crippen LogP contribution >= 0.6 is 0 Å². The lowest BCUT2D eigenvalue weighted by molar-refractivity contribution is 0.0697. The molecule has 0 bridgehead atoms. The average Bonchev–Trinajstić information content (AvgIpc) is 3.55. The Morgan fingerprint density at radius 3 is 2.29 bits per heavy atom. The Labute approximate surface area is 185 Å². The number of aromatic carboxylic acids is 1. The van der Waals surface area contributed by atoms with Crippen molar-refractivity contribution in [1.29, 1.82) is 0 Å². The van der Waals surface area contributed by atoms with E-state index in [9.17, 15) is 9.90 Å². The van der Waals surface area contributed by atoms with Crippen LogP contribution in [0.3, 0.4) is 0 Å². The molecule has 1 aliphatic heterocycles. The number of rotatable bonds is 6. The molecule has 0 spiro atoms. The summed E-state index contributed by atoms with van der Waals surface area (Å²) >= 11 is 0. The summed E-state index contributed by atoms with van der Waals surface area (Å²) in [5.41, 5.74) is 4.45. The van der Waals surface area contributed by atoms with Crippen LogP contribution in [0.15, 0.2) is 48.5 Å². The Balaban J connectivity index is 1.27. The first-order chi connectivity index (χ1) is 15.1. The number of para-hydroxylation sites is 1. The number of benzene rings is 2. The Morgan fingerprint density at radius 1 is 0.903 bits per heavy atom. The highest BCUT2D eigenvalue weighted by molar-refractivity contribution is 5.94. The summed E-state index contributed by atoms with van der Waals surface area (Å²) in [7, 11) is 2.07. The largest absolute Gasteiger partial charge is 0.478 e. The molecule has 5 rings (SSSR count). The van der Waals surface area contributed by atoms with Crippen LogP contribution in [0.2, 0.25) is 0 Å². The predicted octanol–water partition coefficient (Wildman–Crippen LogP) is 5.85. The van der Waals surface area contributed by atoms with E-state index in [1.165, 1.54) is 45.1 Å². The first-order valence-electron chi connectivity index (χ1n) is 12.0. The summed E-state index contributed by atoms with van der Waals surface area (Å²) < 4.78 is 0. The Kier molecular flexibility index (Phi) is 5.75. The molecule has 1 atom stereocenters. The molecule has 4 nitrogen and oxygen atoms in total. The summed E-state index contributed by atoms with van der Waals surface area (Å²) in [6, 6.07) is 18.3. The molecular formula is C27H34N2O2. The van der Waals surface area contributed by atoms with E-state index in [4.69, 9.17) is 0 Å². The summed E-state index contributed by atoms with van der Waals surface area (Å²) in [6.07, 6.45) is 9.97. The van der Waals surface area contributed by atoms with Gasteiger partial charge in [0.25, 0.3) is 0 Å². The van der Waals surface area contributed by atoms with Crippen molar-refractivity contribution in [3.8, 4) is 0 Å². The number of carboxylic acid groups (broad SMARTS) is 1. The van der Waals surface area contributed by atoms with Gasteiger partial charge in [0.15, 0.2) is 0 Å². The maximum Gasteiger partial charge on any atom is 0.337 e. The number of anilines is 1. The third-order valence-corrected chi connectivity index (χ3v) is 7.86. The normalized spacial score (nSPS) is 26.7. The van der Waals surface area contributed by atoms with Crippen LogP contribution in [-0.2, 0) is 0 Å². The maximum atomic E-state index is 11.7. The number of hydrogen-bond acceptors (Lipinski definition) is 3. The molecule has 2 aliphatic carbocycles. The van der Waals surface area contributed by atoms with Crippen LogP contribution in [-0.4, -0.2) is 41.7 Å². The van der Waals surface area contributed by atoms with Gasteiger partial charge in [0.1, 0.15) is 0 Å². The summed E-state index contributed by atoms with van der Waals surface area (Å²) in [4.78, 5) is 16.7. The molecular weight excluding hydrogens is 384 g/mol. The second kappa shape index (κ2) is 8.66. The molecule has 3 aliphatic rings. The molecule has 0 amide bonds. The first-order valence-corrected chi connectivity index (χ1v) is 12.0. The Bertz CT molecular complexity index is 930. The van der Waals surface area contributed by atoms with E-state index in [-0.39, 0.29) is 0 Å². The van der Waals surface area contributed by atoms with Crippen LogP contribution in [0.5, 0.6) is 0 Å². The molecule has 4 heteroatoms. The Hall–Kier alpha value is -2.33. The maximum absolute atomic E-state index is 11.7. The smallest absolute Gasteiger partial charge is 0.337 e. The SMILES string of the molecule is CN(c1ccccc1C(=O)O)C1CCC(N2CCCC2c2ccccc2C2CC2)CC1. The van der Waals surface area contributed by atoms with Gasteiger partial charge in [0.2, 0.25) is 0 Å². The standard InChI is InChI=1S/C27H34N2O2/c1-28(25-10-5-4-9-24(25)27(30)31)20-14-16-21(17-15-20)29-18-6-11-26(29)23-8-3-2-7-22(23)19-12-13-19/h2-5,7-10,19-21,26H,6,11-18H2,1H3,(H,30,31). The number of likely N-dealkylation sites (tertiary alicyclic amines) is 1. The van der Waals surface area contributed by atoms with Crippen molar-refractivity contribution in [2.24, 2.45) is 0 Å². The van der Waals surface area contributed by atoms with Crippen molar-refractivity contribution >= 4 is 11.7 Å². The second-order valence-corrected chi connectivity index (χ2v) is 9.69. The highest BCUT2D eigenvalue weighted by Crippen LogP contribution is 2.47. The second-order valence-electron chi connectivity index (χ2n) is 9.69. The number of carbonyl (C=O) groups is 1. The zero-order valence-electron chi connectivity index (χ0n) is 18.5. The monoisotopic (exact) mass is 418 g/mol. The topological polar surface area (TPSA) is 43.8 Å². The van der Waals surface area contributed by atoms with Crippen molar-refractivity contribution in [1.82, 2.24) is 4.90 Å². The number of nitrogens with zero attached hydrogens (tertiary/aromatic N) is 2. The molecule has 31 heavy (non-hydrogen) atoms. The number of hydrogen-bond donors (Lipinski definition) is 1. The minimum Gasteiger partial charge on any atom is -0.478 e. The molecule has 1 N–H and O–H groups in total. The molecule has 2 aromatic carbocycles. The van der Waals surface area contributed by atoms with Crippen LogP contribution in [0.25, 0.3) is 0 Å². The van der Waals surface area contributed by atoms with E-state index < -0.39 is 5.97 Å². The minimum absolute atomic E-state index is 0.406. The molecule has 1 heterocycles. The molecule has 1 unspecified atom stereocenters. The van der Waals surface area contributed by atoms with Crippen molar-refractivity contribution in [3.05, 3.63) is 65.2 Å². The van der Waals surface area contributed by atoms with Crippen LogP contribution in [0.1, 0.15) is 84.8 Å². The van der Waals surface area contributed by atoms with Crippen LogP contribution < -0.4 is 4.90 Å². The van der Waals surface area contributed by atoms with Gasteiger partial charge < -0.3 is 10.0 Å². The highest BCUT2D eigenvalue weighted by Gasteiger charge is 2.37. The first kappa shape index (κ1) is 20.6. The van der Waals surface area contributed by atoms with E-state index in [1.54, 1.807) is 17.2 Å². The average molecular weight is 419 g/mol. The minimum atomic E-state index is -0.842. The van der Waals surface area contributed by atoms with Gasteiger partial charge in [-0.2, -0.15) is 0 Å². The lowest BCUT2D eigenvalue weighted by Gasteiger charge is -2.41. The fourth-order valence-corrected chi connectivity index (χ4v) is 6.08. The molecule has 2 saturated carbocycles. The van der Waals surface area contributed by atoms with Gasteiger partial charge in [-0.05, 0) is 87.1 Å². The van der Waals surface area contributed by atoms with Gasteiger partial charge in [0, 0.05) is 25.2 Å². The molecule has 3 fully saturated rings. The van der Waals surface area contributed by atoms with E-state index >= 15 is 0 Å². The van der Waals surface area contributed by atoms with Gasteiger partial charge in [0.05, 0.1) is 11.3 Å². The van der Waals surface area contributed by atoms with Crippen molar-refractivity contribution < 1.29 is 9.90 Å². The predicted molar refractivity (Wildman–Crippen MR) is 125 cm³/mol. The van der Waals surface area contributed by atoms with Gasteiger partial charge in [-0.25, -0.2) is 4.79 Å². The number of carboxylic acids is 1. The Morgan fingerprint density at radius 2 is 1.58 bits per heavy atom. The highest BCUT2D eigenvalue weighted by atomic mass is 16.4. The van der Waals surface area contributed by atoms with Crippen molar-refractivity contribution in [2.75, 3.05) is 18.5 Å². The summed E-state index contributed by atoms with van der Waals surface area (Å²) in [5.74, 6) is -0.0392. The third-order valence-electron chi connectivity index (χ3n) is 7.86. The summed E-state index contributed by atoms with van der Waals surface area (Å²) in [5, 5.41) is 9.57. The lowest BCUT2D eigenvalue weighted by Crippen LogP contribution is -2.43. The van der Waals surface area contributed by atoms with Gasteiger partial charge in [-0.15, -0.1) is 0 Å². The van der Waals surface area contributed by atoms with E-state index in [0.717, 1.165) is 24.4 Å². The zero-order chi connectivity index (χ0) is 21.4. The van der Waals surface area contributed by atoms with Gasteiger partial charge in [-0.1, -0.05) is 36.4 Å². The van der Waals surface area contributed by atoms with E-state index in [1.807, 2.05) is 18.2 Å². The third kappa shape index (κ3) is 4.10. The molecule has 1 saturated heterocycles. The zero-order valence-corrected chi connectivity index (χ0v) is 18.5.